The van der Waals surface area contributed by atoms with E-state index in [1.807, 2.05) is 0 Å². The molecule has 100 valence electrons. The van der Waals surface area contributed by atoms with Crippen LogP contribution in [-0.4, -0.2) is 42.5 Å². The fourth-order valence-corrected chi connectivity index (χ4v) is 2.97. The number of piperidine rings is 1. The third-order valence-corrected chi connectivity index (χ3v) is 3.83. The van der Waals surface area contributed by atoms with Gasteiger partial charge in [-0.3, -0.25) is 0 Å². The molecule has 0 aromatic rings. The van der Waals surface area contributed by atoms with Crippen LogP contribution in [0.5, 0.6) is 0 Å². The molecule has 0 spiro atoms. The van der Waals surface area contributed by atoms with E-state index in [0.29, 0.717) is 12.5 Å². The molecule has 2 atom stereocenters. The Bertz CT molecular complexity index is 230. The first-order chi connectivity index (χ1) is 8.13. The molecule has 0 aliphatic carbocycles. The largest absolute Gasteiger partial charge is 0.396 e. The number of hydrogen-bond donors (Lipinski definition) is 1. The third kappa shape index (κ3) is 4.76. The van der Waals surface area contributed by atoms with Gasteiger partial charge in [-0.05, 0) is 38.1 Å². The Labute approximate surface area is 105 Å². The summed E-state index contributed by atoms with van der Waals surface area (Å²) in [5, 5.41) is 8.99. The topological polar surface area (TPSA) is 40.5 Å². The quantitative estimate of drug-likeness (QED) is 0.694. The van der Waals surface area contributed by atoms with E-state index in [2.05, 4.69) is 18.7 Å². The number of likely N-dealkylation sites (tertiary alicyclic amines) is 1. The summed E-state index contributed by atoms with van der Waals surface area (Å²) < 4.78 is 0. The minimum absolute atomic E-state index is 0.185. The monoisotopic (exact) mass is 241 g/mol. The third-order valence-electron chi connectivity index (χ3n) is 3.83. The summed E-state index contributed by atoms with van der Waals surface area (Å²) in [7, 11) is 0. The lowest BCUT2D eigenvalue weighted by Crippen LogP contribution is -2.43. The smallest absolute Gasteiger partial charge is 0.127 e. The van der Waals surface area contributed by atoms with Crippen molar-refractivity contribution in [2.75, 3.05) is 26.2 Å². The standard InChI is InChI=1S/C14H27NO2/c1-3-7-14(2,12-17)11-15-8-4-5-13(10-15)6-9-16/h12-13,16H,3-11H2,1-2H3. The first-order valence-electron chi connectivity index (χ1n) is 6.93. The van der Waals surface area contributed by atoms with Crippen LogP contribution in [0.3, 0.4) is 0 Å². The van der Waals surface area contributed by atoms with Gasteiger partial charge >= 0.3 is 0 Å². The number of aliphatic hydroxyl groups is 1. The predicted octanol–water partition coefficient (Wildman–Crippen LogP) is 2.09. The number of nitrogens with zero attached hydrogens (tertiary/aromatic N) is 1. The molecule has 0 aromatic carbocycles. The van der Waals surface area contributed by atoms with Crippen molar-refractivity contribution in [1.82, 2.24) is 4.90 Å². The van der Waals surface area contributed by atoms with E-state index in [-0.39, 0.29) is 5.41 Å². The highest BCUT2D eigenvalue weighted by molar-refractivity contribution is 5.59. The lowest BCUT2D eigenvalue weighted by atomic mass is 9.85. The van der Waals surface area contributed by atoms with Crippen molar-refractivity contribution in [3.8, 4) is 0 Å². The highest BCUT2D eigenvalue weighted by Gasteiger charge is 2.28. The molecule has 1 heterocycles. The summed E-state index contributed by atoms with van der Waals surface area (Å²) in [5.74, 6) is 0.617. The van der Waals surface area contributed by atoms with E-state index in [0.717, 1.165) is 45.2 Å². The van der Waals surface area contributed by atoms with Gasteiger partial charge in [0.1, 0.15) is 6.29 Å². The van der Waals surface area contributed by atoms with E-state index in [9.17, 15) is 4.79 Å². The number of aliphatic hydroxyl groups excluding tert-OH is 1. The van der Waals surface area contributed by atoms with E-state index in [1.165, 1.54) is 12.8 Å². The van der Waals surface area contributed by atoms with Crippen molar-refractivity contribution in [3.05, 3.63) is 0 Å². The lowest BCUT2D eigenvalue weighted by molar-refractivity contribution is -0.117. The molecule has 1 fully saturated rings. The number of aldehydes is 1. The second-order valence-corrected chi connectivity index (χ2v) is 5.78. The Morgan fingerprint density at radius 3 is 2.88 bits per heavy atom. The van der Waals surface area contributed by atoms with Crippen LogP contribution in [0, 0.1) is 11.3 Å². The summed E-state index contributed by atoms with van der Waals surface area (Å²) in [4.78, 5) is 13.6. The average Bonchev–Trinajstić information content (AvgIpc) is 2.30. The van der Waals surface area contributed by atoms with Gasteiger partial charge in [0.25, 0.3) is 0 Å². The molecule has 3 nitrogen and oxygen atoms in total. The van der Waals surface area contributed by atoms with Gasteiger partial charge in [-0.1, -0.05) is 20.3 Å². The van der Waals surface area contributed by atoms with Crippen molar-refractivity contribution in [3.63, 3.8) is 0 Å². The highest BCUT2D eigenvalue weighted by Crippen LogP contribution is 2.26. The number of rotatable bonds is 7. The molecule has 2 unspecified atom stereocenters. The number of hydrogen-bond acceptors (Lipinski definition) is 3. The molecular formula is C14H27NO2. The molecule has 0 saturated carbocycles. The zero-order chi connectivity index (χ0) is 12.7. The maximum absolute atomic E-state index is 11.2. The van der Waals surface area contributed by atoms with Gasteiger partial charge < -0.3 is 14.8 Å². The van der Waals surface area contributed by atoms with Crippen LogP contribution in [0.25, 0.3) is 0 Å². The molecular weight excluding hydrogens is 214 g/mol. The van der Waals surface area contributed by atoms with Crippen molar-refractivity contribution in [2.45, 2.75) is 46.0 Å². The van der Waals surface area contributed by atoms with E-state index >= 15 is 0 Å². The first-order valence-corrected chi connectivity index (χ1v) is 6.93. The maximum atomic E-state index is 11.2. The van der Waals surface area contributed by atoms with Crippen LogP contribution in [0.1, 0.15) is 46.0 Å². The van der Waals surface area contributed by atoms with Crippen LogP contribution in [0.4, 0.5) is 0 Å². The van der Waals surface area contributed by atoms with Gasteiger partial charge in [-0.25, -0.2) is 0 Å². The van der Waals surface area contributed by atoms with Crippen molar-refractivity contribution < 1.29 is 9.90 Å². The summed E-state index contributed by atoms with van der Waals surface area (Å²) in [5.41, 5.74) is -0.185. The van der Waals surface area contributed by atoms with E-state index in [4.69, 9.17) is 5.11 Å². The average molecular weight is 241 g/mol. The summed E-state index contributed by atoms with van der Waals surface area (Å²) in [6.45, 7) is 7.53. The molecule has 1 saturated heterocycles. The van der Waals surface area contributed by atoms with Gasteiger partial charge in [0.2, 0.25) is 0 Å². The van der Waals surface area contributed by atoms with Gasteiger partial charge in [-0.15, -0.1) is 0 Å². The highest BCUT2D eigenvalue weighted by atomic mass is 16.3. The Balaban J connectivity index is 2.46. The van der Waals surface area contributed by atoms with Gasteiger partial charge in [0.15, 0.2) is 0 Å². The molecule has 1 aliphatic rings. The predicted molar refractivity (Wildman–Crippen MR) is 69.9 cm³/mol. The normalized spacial score (nSPS) is 25.5. The summed E-state index contributed by atoms with van der Waals surface area (Å²) >= 11 is 0. The minimum atomic E-state index is -0.185. The van der Waals surface area contributed by atoms with E-state index < -0.39 is 0 Å². The zero-order valence-electron chi connectivity index (χ0n) is 11.3. The van der Waals surface area contributed by atoms with Crippen LogP contribution >= 0.6 is 0 Å². The number of carbonyl (C=O) groups excluding carboxylic acids is 1. The zero-order valence-corrected chi connectivity index (χ0v) is 11.3. The molecule has 17 heavy (non-hydrogen) atoms. The van der Waals surface area contributed by atoms with Gasteiger partial charge in [0.05, 0.1) is 0 Å². The molecule has 0 radical (unpaired) electrons. The Morgan fingerprint density at radius 1 is 1.53 bits per heavy atom. The second-order valence-electron chi connectivity index (χ2n) is 5.78. The Kier molecular flexibility index (Phi) is 6.14. The molecule has 1 N–H and O–H groups in total. The summed E-state index contributed by atoms with van der Waals surface area (Å²) in [6.07, 6.45) is 6.49. The van der Waals surface area contributed by atoms with E-state index in [1.54, 1.807) is 0 Å². The fraction of sp³-hybridized carbons (Fsp3) is 0.929. The molecule has 0 amide bonds. The van der Waals surface area contributed by atoms with Crippen LogP contribution in [0.2, 0.25) is 0 Å². The minimum Gasteiger partial charge on any atom is -0.396 e. The molecule has 1 aliphatic heterocycles. The fourth-order valence-electron chi connectivity index (χ4n) is 2.97. The lowest BCUT2D eigenvalue weighted by Gasteiger charge is -2.37. The first kappa shape index (κ1) is 14.7. The maximum Gasteiger partial charge on any atom is 0.127 e. The van der Waals surface area contributed by atoms with Crippen LogP contribution in [0.15, 0.2) is 0 Å². The van der Waals surface area contributed by atoms with Crippen LogP contribution < -0.4 is 0 Å². The number of carbonyl (C=O) groups is 1. The van der Waals surface area contributed by atoms with Crippen molar-refractivity contribution in [1.29, 1.82) is 0 Å². The molecule has 0 aromatic heterocycles. The van der Waals surface area contributed by atoms with Gasteiger partial charge in [0, 0.05) is 25.1 Å². The summed E-state index contributed by atoms with van der Waals surface area (Å²) in [6, 6.07) is 0. The van der Waals surface area contributed by atoms with Crippen molar-refractivity contribution >= 4 is 6.29 Å². The molecule has 0 bridgehead atoms. The molecule has 3 heteroatoms. The van der Waals surface area contributed by atoms with Crippen LogP contribution in [-0.2, 0) is 4.79 Å². The molecule has 1 rings (SSSR count). The SMILES string of the molecule is CCCC(C)(C=O)CN1CCCC(CCO)C1. The Hall–Kier alpha value is -0.410. The second kappa shape index (κ2) is 7.12. The van der Waals surface area contributed by atoms with Gasteiger partial charge in [-0.2, -0.15) is 0 Å². The van der Waals surface area contributed by atoms with Crippen molar-refractivity contribution in [2.24, 2.45) is 11.3 Å². The Morgan fingerprint density at radius 2 is 2.29 bits per heavy atom.